The van der Waals surface area contributed by atoms with Crippen molar-refractivity contribution in [1.29, 1.82) is 0 Å². The molecule has 0 N–H and O–H groups in total. The van der Waals surface area contributed by atoms with Crippen molar-refractivity contribution in [2.45, 2.75) is 40.2 Å². The lowest BCUT2D eigenvalue weighted by atomic mass is 10.2. The number of aryl methyl sites for hydroxylation is 1. The Morgan fingerprint density at radius 2 is 1.81 bits per heavy atom. The zero-order valence-corrected chi connectivity index (χ0v) is 19.8. The lowest BCUT2D eigenvalue weighted by molar-refractivity contribution is -0.142. The number of benzene rings is 1. The van der Waals surface area contributed by atoms with Gasteiger partial charge in [-0.15, -0.1) is 0 Å². The van der Waals surface area contributed by atoms with Crippen molar-refractivity contribution in [3.05, 3.63) is 53.3 Å². The van der Waals surface area contributed by atoms with Gasteiger partial charge >= 0.3 is 0 Å². The van der Waals surface area contributed by atoms with Crippen LogP contribution in [0.25, 0.3) is 0 Å². The van der Waals surface area contributed by atoms with Crippen LogP contribution >= 0.6 is 11.6 Å². The van der Waals surface area contributed by atoms with Crippen LogP contribution in [0.5, 0.6) is 5.75 Å². The van der Waals surface area contributed by atoms with Crippen molar-refractivity contribution < 1.29 is 14.3 Å². The average molecular weight is 448 g/mol. The van der Waals surface area contributed by atoms with Crippen LogP contribution < -0.4 is 4.74 Å². The van der Waals surface area contributed by atoms with Crippen LogP contribution in [-0.4, -0.2) is 52.4 Å². The molecule has 170 valence electrons. The van der Waals surface area contributed by atoms with Crippen molar-refractivity contribution >= 4 is 23.4 Å². The molecule has 0 aliphatic heterocycles. The fourth-order valence-corrected chi connectivity index (χ4v) is 3.35. The Morgan fingerprint density at radius 1 is 1.10 bits per heavy atom. The average Bonchev–Trinajstić information content (AvgIpc) is 3.13. The lowest BCUT2D eigenvalue weighted by Gasteiger charge is -2.29. The quantitative estimate of drug-likeness (QED) is 0.485. The summed E-state index contributed by atoms with van der Waals surface area (Å²) in [6.45, 7) is 7.81. The van der Waals surface area contributed by atoms with Crippen molar-refractivity contribution in [3.63, 3.8) is 0 Å². The van der Waals surface area contributed by atoms with Gasteiger partial charge in [-0.1, -0.05) is 38.8 Å². The number of halogens is 1. The Morgan fingerprint density at radius 3 is 2.39 bits per heavy atom. The van der Waals surface area contributed by atoms with Crippen LogP contribution in [0.2, 0.25) is 5.02 Å². The van der Waals surface area contributed by atoms with Gasteiger partial charge in [-0.25, -0.2) is 0 Å². The Hall–Kier alpha value is -2.47. The molecule has 0 spiro atoms. The van der Waals surface area contributed by atoms with Crippen molar-refractivity contribution in [3.8, 4) is 5.75 Å². The third-order valence-electron chi connectivity index (χ3n) is 4.98. The summed E-state index contributed by atoms with van der Waals surface area (Å²) >= 11 is 5.89. The van der Waals surface area contributed by atoms with Crippen molar-refractivity contribution in [2.24, 2.45) is 13.0 Å². The fourth-order valence-electron chi connectivity index (χ4n) is 3.22. The highest BCUT2D eigenvalue weighted by Gasteiger charge is 2.23. The SMILES string of the molecule is CCCCN(Cc1cccn1C)C(=O)CN(CC(C)C)C(=O)COc1ccc(Cl)cc1. The van der Waals surface area contributed by atoms with E-state index in [9.17, 15) is 9.59 Å². The molecule has 7 heteroatoms. The first-order chi connectivity index (χ1) is 14.8. The second-order valence-corrected chi connectivity index (χ2v) is 8.63. The number of aromatic nitrogens is 1. The van der Waals surface area contributed by atoms with E-state index in [0.29, 0.717) is 30.4 Å². The molecule has 0 aliphatic carbocycles. The first kappa shape index (κ1) is 24.8. The van der Waals surface area contributed by atoms with Gasteiger partial charge in [-0.3, -0.25) is 9.59 Å². The molecule has 0 atom stereocenters. The molecule has 0 aliphatic rings. The summed E-state index contributed by atoms with van der Waals surface area (Å²) in [4.78, 5) is 29.5. The number of nitrogens with zero attached hydrogens (tertiary/aromatic N) is 3. The summed E-state index contributed by atoms with van der Waals surface area (Å²) in [5.41, 5.74) is 1.07. The largest absolute Gasteiger partial charge is 0.484 e. The predicted octanol–water partition coefficient (Wildman–Crippen LogP) is 4.37. The number of hydrogen-bond acceptors (Lipinski definition) is 3. The number of carbonyl (C=O) groups is 2. The summed E-state index contributed by atoms with van der Waals surface area (Å²) in [5, 5.41) is 0.608. The van der Waals surface area contributed by atoms with Crippen molar-refractivity contribution in [1.82, 2.24) is 14.4 Å². The summed E-state index contributed by atoms with van der Waals surface area (Å²) in [7, 11) is 1.97. The van der Waals surface area contributed by atoms with Gasteiger partial charge in [-0.2, -0.15) is 0 Å². The molecule has 0 saturated carbocycles. The summed E-state index contributed by atoms with van der Waals surface area (Å²) in [5.74, 6) is 0.563. The lowest BCUT2D eigenvalue weighted by Crippen LogP contribution is -2.46. The highest BCUT2D eigenvalue weighted by Crippen LogP contribution is 2.16. The second-order valence-electron chi connectivity index (χ2n) is 8.19. The van der Waals surface area contributed by atoms with Gasteiger partial charge < -0.3 is 19.1 Å². The highest BCUT2D eigenvalue weighted by molar-refractivity contribution is 6.30. The molecule has 1 heterocycles. The third-order valence-corrected chi connectivity index (χ3v) is 5.23. The van der Waals surface area contributed by atoms with E-state index in [2.05, 4.69) is 6.92 Å². The summed E-state index contributed by atoms with van der Waals surface area (Å²) in [6, 6.07) is 10.9. The van der Waals surface area contributed by atoms with Gasteiger partial charge in [0.15, 0.2) is 6.61 Å². The molecule has 31 heavy (non-hydrogen) atoms. The van der Waals surface area contributed by atoms with Gasteiger partial charge in [0.25, 0.3) is 5.91 Å². The molecule has 1 aromatic heterocycles. The van der Waals surface area contributed by atoms with E-state index in [1.807, 2.05) is 48.7 Å². The monoisotopic (exact) mass is 447 g/mol. The Bertz CT molecular complexity index is 833. The highest BCUT2D eigenvalue weighted by atomic mass is 35.5. The van der Waals surface area contributed by atoms with E-state index in [0.717, 1.165) is 18.5 Å². The minimum absolute atomic E-state index is 0.0462. The summed E-state index contributed by atoms with van der Waals surface area (Å²) < 4.78 is 7.63. The maximum absolute atomic E-state index is 13.2. The number of rotatable bonds is 12. The molecule has 0 bridgehead atoms. The maximum atomic E-state index is 13.2. The molecular formula is C24H34ClN3O3. The Labute approximate surface area is 190 Å². The van der Waals surface area contributed by atoms with E-state index in [1.165, 1.54) is 0 Å². The molecule has 6 nitrogen and oxygen atoms in total. The van der Waals surface area contributed by atoms with Crippen LogP contribution in [0.4, 0.5) is 0 Å². The van der Waals surface area contributed by atoms with E-state index in [1.54, 1.807) is 29.2 Å². The number of hydrogen-bond donors (Lipinski definition) is 0. The normalized spacial score (nSPS) is 10.9. The van der Waals surface area contributed by atoms with Crippen LogP contribution in [-0.2, 0) is 23.2 Å². The van der Waals surface area contributed by atoms with Gasteiger partial charge in [0, 0.05) is 37.1 Å². The minimum atomic E-state index is -0.202. The molecule has 2 rings (SSSR count). The van der Waals surface area contributed by atoms with E-state index >= 15 is 0 Å². The van der Waals surface area contributed by atoms with Gasteiger partial charge in [-0.05, 0) is 48.7 Å². The Balaban J connectivity index is 2.04. The maximum Gasteiger partial charge on any atom is 0.260 e. The number of ether oxygens (including phenoxy) is 1. The molecular weight excluding hydrogens is 414 g/mol. The van der Waals surface area contributed by atoms with Crippen LogP contribution in [0, 0.1) is 5.92 Å². The second kappa shape index (κ2) is 12.4. The molecule has 2 aromatic rings. The van der Waals surface area contributed by atoms with Crippen LogP contribution in [0.1, 0.15) is 39.3 Å². The molecule has 0 saturated heterocycles. The smallest absolute Gasteiger partial charge is 0.260 e. The number of amides is 2. The minimum Gasteiger partial charge on any atom is -0.484 e. The first-order valence-electron chi connectivity index (χ1n) is 10.8. The van der Waals surface area contributed by atoms with Gasteiger partial charge in [0.2, 0.25) is 5.91 Å². The predicted molar refractivity (Wildman–Crippen MR) is 124 cm³/mol. The molecule has 1 aromatic carbocycles. The Kier molecular flexibility index (Phi) is 9.92. The van der Waals surface area contributed by atoms with E-state index in [4.69, 9.17) is 16.3 Å². The zero-order chi connectivity index (χ0) is 22.8. The molecule has 0 fully saturated rings. The molecule has 0 unspecified atom stereocenters. The molecule has 2 amide bonds. The topological polar surface area (TPSA) is 54.8 Å². The third kappa shape index (κ3) is 8.29. The van der Waals surface area contributed by atoms with Crippen molar-refractivity contribution in [2.75, 3.05) is 26.2 Å². The van der Waals surface area contributed by atoms with E-state index in [-0.39, 0.29) is 30.9 Å². The van der Waals surface area contributed by atoms with Crippen LogP contribution in [0.15, 0.2) is 42.6 Å². The van der Waals surface area contributed by atoms with Crippen LogP contribution in [0.3, 0.4) is 0 Å². The zero-order valence-electron chi connectivity index (χ0n) is 19.0. The van der Waals surface area contributed by atoms with Gasteiger partial charge in [0.1, 0.15) is 5.75 Å². The summed E-state index contributed by atoms with van der Waals surface area (Å²) in [6.07, 6.45) is 3.90. The first-order valence-corrected chi connectivity index (χ1v) is 11.2. The standard InChI is InChI=1S/C24H34ClN3O3/c1-5-6-14-27(16-21-8-7-13-26(21)4)23(29)17-28(15-19(2)3)24(30)18-31-22-11-9-20(25)10-12-22/h7-13,19H,5-6,14-18H2,1-4H3. The van der Waals surface area contributed by atoms with E-state index < -0.39 is 0 Å². The molecule has 0 radical (unpaired) electrons. The number of unbranched alkanes of at least 4 members (excludes halogenated alkanes) is 1. The van der Waals surface area contributed by atoms with Gasteiger partial charge in [0.05, 0.1) is 13.1 Å². The fraction of sp³-hybridized carbons (Fsp3) is 0.500. The number of carbonyl (C=O) groups excluding carboxylic acids is 2.